The van der Waals surface area contributed by atoms with Gasteiger partial charge in [0.1, 0.15) is 0 Å². The van der Waals surface area contributed by atoms with Gasteiger partial charge in [-0.25, -0.2) is 26.3 Å². The monoisotopic (exact) mass is 470 g/mol. The molecule has 0 bridgehead atoms. The number of ether oxygens (including phenoxy) is 1. The quantitative estimate of drug-likeness (QED) is 0.523. The molecular formula is C23H29F3N2O3S. The number of hydrogen-bond acceptors (Lipinski definition) is 4. The first-order chi connectivity index (χ1) is 15.1. The van der Waals surface area contributed by atoms with Gasteiger partial charge >= 0.3 is 0 Å². The van der Waals surface area contributed by atoms with E-state index in [9.17, 15) is 21.6 Å². The largest absolute Gasteiger partial charge is 0.490 e. The van der Waals surface area contributed by atoms with Crippen LogP contribution in [0.1, 0.15) is 39.0 Å². The minimum absolute atomic E-state index is 0.00981. The van der Waals surface area contributed by atoms with Crippen molar-refractivity contribution < 1.29 is 26.3 Å². The molecule has 4 unspecified atom stereocenters. The molecule has 0 N–H and O–H groups in total. The van der Waals surface area contributed by atoms with Crippen LogP contribution in [0.4, 0.5) is 13.2 Å². The van der Waals surface area contributed by atoms with E-state index < -0.39 is 27.5 Å². The van der Waals surface area contributed by atoms with Crippen molar-refractivity contribution in [3.63, 3.8) is 0 Å². The van der Waals surface area contributed by atoms with Gasteiger partial charge < -0.3 is 4.74 Å². The summed E-state index contributed by atoms with van der Waals surface area (Å²) in [7, 11) is -3.20. The van der Waals surface area contributed by atoms with Gasteiger partial charge in [-0.1, -0.05) is 6.92 Å². The molecule has 2 aliphatic rings. The lowest BCUT2D eigenvalue weighted by Crippen LogP contribution is -2.36. The minimum Gasteiger partial charge on any atom is -0.490 e. The predicted molar refractivity (Wildman–Crippen MR) is 115 cm³/mol. The van der Waals surface area contributed by atoms with Gasteiger partial charge in [0.15, 0.2) is 21.4 Å². The molecule has 176 valence electrons. The van der Waals surface area contributed by atoms with Gasteiger partial charge in [0, 0.05) is 37.2 Å². The normalized spacial score (nSPS) is 27.2. The first-order valence-electron chi connectivity index (χ1n) is 11.1. The van der Waals surface area contributed by atoms with Crippen molar-refractivity contribution in [3.8, 4) is 11.4 Å². The number of nitrogens with zero attached hydrogens (tertiary/aromatic N) is 2. The van der Waals surface area contributed by atoms with Gasteiger partial charge in [0.25, 0.3) is 0 Å². The van der Waals surface area contributed by atoms with Crippen molar-refractivity contribution in [2.45, 2.75) is 45.0 Å². The average Bonchev–Trinajstić information content (AvgIpc) is 3.17. The van der Waals surface area contributed by atoms with Crippen LogP contribution in [0.2, 0.25) is 0 Å². The first kappa shape index (κ1) is 23.1. The van der Waals surface area contributed by atoms with E-state index in [2.05, 4.69) is 5.10 Å². The third kappa shape index (κ3) is 5.85. The van der Waals surface area contributed by atoms with E-state index in [-0.39, 0.29) is 55.0 Å². The lowest BCUT2D eigenvalue weighted by molar-refractivity contribution is -0.0772. The summed E-state index contributed by atoms with van der Waals surface area (Å²) in [5.41, 5.74) is 0.525. The Bertz CT molecular complexity index is 1030. The fraction of sp³-hybridized carbons (Fsp3) is 0.609. The zero-order chi connectivity index (χ0) is 22.9. The Morgan fingerprint density at radius 3 is 2.69 bits per heavy atom. The molecule has 2 aromatic rings. The topological polar surface area (TPSA) is 61.2 Å². The van der Waals surface area contributed by atoms with Crippen molar-refractivity contribution in [2.75, 3.05) is 18.1 Å². The summed E-state index contributed by atoms with van der Waals surface area (Å²) < 4.78 is 74.6. The lowest BCUT2D eigenvalue weighted by atomic mass is 9.76. The molecule has 2 fully saturated rings. The second-order valence-electron chi connectivity index (χ2n) is 9.37. The summed E-state index contributed by atoms with van der Waals surface area (Å²) in [6.07, 6.45) is 4.17. The van der Waals surface area contributed by atoms with E-state index in [1.54, 1.807) is 24.5 Å². The van der Waals surface area contributed by atoms with Crippen LogP contribution in [-0.2, 0) is 9.84 Å². The summed E-state index contributed by atoms with van der Waals surface area (Å²) in [5, 5.41) is 4.05. The van der Waals surface area contributed by atoms with Crippen LogP contribution < -0.4 is 4.74 Å². The van der Waals surface area contributed by atoms with Crippen LogP contribution >= 0.6 is 0 Å². The molecule has 4 atom stereocenters. The van der Waals surface area contributed by atoms with Crippen LogP contribution in [0, 0.1) is 29.5 Å². The zero-order valence-electron chi connectivity index (χ0n) is 18.1. The Hall–Kier alpha value is -2.03. The van der Waals surface area contributed by atoms with Crippen molar-refractivity contribution in [1.29, 1.82) is 0 Å². The Morgan fingerprint density at radius 1 is 1.25 bits per heavy atom. The molecule has 1 heterocycles. The van der Waals surface area contributed by atoms with Crippen LogP contribution in [0.25, 0.3) is 5.69 Å². The second kappa shape index (κ2) is 9.08. The fourth-order valence-corrected chi connectivity index (χ4v) is 6.54. The highest BCUT2D eigenvalue weighted by molar-refractivity contribution is 7.91. The van der Waals surface area contributed by atoms with Crippen LogP contribution in [-0.4, -0.2) is 42.2 Å². The smallest absolute Gasteiger partial charge is 0.248 e. The maximum atomic E-state index is 14.5. The number of hydrogen-bond donors (Lipinski definition) is 0. The van der Waals surface area contributed by atoms with E-state index in [1.807, 2.05) is 6.92 Å². The second-order valence-corrected chi connectivity index (χ2v) is 11.6. The number of alkyl halides is 2. The summed E-state index contributed by atoms with van der Waals surface area (Å²) in [6, 6.07) is 6.10. The molecule has 0 amide bonds. The lowest BCUT2D eigenvalue weighted by Gasteiger charge is -2.36. The molecule has 1 aromatic carbocycles. The van der Waals surface area contributed by atoms with Gasteiger partial charge in [0.05, 0.1) is 23.8 Å². The molecule has 2 saturated carbocycles. The van der Waals surface area contributed by atoms with Crippen LogP contribution in [0.3, 0.4) is 0 Å². The van der Waals surface area contributed by atoms with Crippen molar-refractivity contribution in [2.24, 2.45) is 23.7 Å². The third-order valence-corrected chi connectivity index (χ3v) is 8.58. The number of rotatable bonds is 9. The Balaban J connectivity index is 1.38. The van der Waals surface area contributed by atoms with E-state index in [4.69, 9.17) is 4.74 Å². The van der Waals surface area contributed by atoms with Gasteiger partial charge in [0.2, 0.25) is 5.92 Å². The van der Waals surface area contributed by atoms with Crippen molar-refractivity contribution >= 4 is 9.84 Å². The highest BCUT2D eigenvalue weighted by atomic mass is 32.2. The molecule has 0 radical (unpaired) electrons. The number of halogens is 3. The molecule has 0 aliphatic heterocycles. The van der Waals surface area contributed by atoms with E-state index in [0.717, 1.165) is 6.42 Å². The molecule has 9 heteroatoms. The molecule has 5 nitrogen and oxygen atoms in total. The summed E-state index contributed by atoms with van der Waals surface area (Å²) in [5.74, 6) is -3.25. The Kier molecular flexibility index (Phi) is 6.56. The maximum Gasteiger partial charge on any atom is 0.248 e. The molecule has 1 aromatic heterocycles. The van der Waals surface area contributed by atoms with Crippen molar-refractivity contribution in [1.82, 2.24) is 9.78 Å². The zero-order valence-corrected chi connectivity index (χ0v) is 18.9. The molecule has 4 rings (SSSR count). The Labute approximate surface area is 186 Å². The highest BCUT2D eigenvalue weighted by Crippen LogP contribution is 2.43. The molecular weight excluding hydrogens is 441 g/mol. The van der Waals surface area contributed by atoms with Crippen LogP contribution in [0.15, 0.2) is 36.7 Å². The standard InChI is InChI=1S/C23H29F3N2O3S/c1-16-11-18(16)15-32(29,30)10-6-17-5-7-23(25,26)13-19(17)14-31-22-4-3-20(12-21(22)24)28-9-2-8-27-28/h2-4,8-9,12,16-19H,5-7,10-11,13-15H2,1H3. The Morgan fingerprint density at radius 2 is 2.03 bits per heavy atom. The maximum absolute atomic E-state index is 14.5. The summed E-state index contributed by atoms with van der Waals surface area (Å²) in [6.45, 7) is 1.97. The molecule has 0 spiro atoms. The first-order valence-corrected chi connectivity index (χ1v) is 12.9. The number of aromatic nitrogens is 2. The van der Waals surface area contributed by atoms with Crippen LogP contribution in [0.5, 0.6) is 5.75 Å². The predicted octanol–water partition coefficient (Wildman–Crippen LogP) is 4.90. The molecule has 0 saturated heterocycles. The van der Waals surface area contributed by atoms with Gasteiger partial charge in [-0.3, -0.25) is 0 Å². The number of benzene rings is 1. The van der Waals surface area contributed by atoms with Gasteiger partial charge in [-0.2, -0.15) is 5.10 Å². The van der Waals surface area contributed by atoms with E-state index in [0.29, 0.717) is 18.0 Å². The minimum atomic E-state index is -3.20. The third-order valence-electron chi connectivity index (χ3n) is 6.79. The molecule has 32 heavy (non-hydrogen) atoms. The van der Waals surface area contributed by atoms with Gasteiger partial charge in [-0.05, 0) is 55.2 Å². The molecule has 2 aliphatic carbocycles. The summed E-state index contributed by atoms with van der Waals surface area (Å²) >= 11 is 0. The van der Waals surface area contributed by atoms with Crippen molar-refractivity contribution in [3.05, 3.63) is 42.5 Å². The number of sulfone groups is 1. The van der Waals surface area contributed by atoms with Gasteiger partial charge in [-0.15, -0.1) is 0 Å². The fourth-order valence-electron chi connectivity index (χ4n) is 4.60. The average molecular weight is 471 g/mol. The summed E-state index contributed by atoms with van der Waals surface area (Å²) in [4.78, 5) is 0. The van der Waals surface area contributed by atoms with E-state index in [1.165, 1.54) is 16.8 Å². The SMILES string of the molecule is CC1CC1CS(=O)(=O)CCC1CCC(F)(F)CC1COc1ccc(-n2cccn2)cc1F. The highest BCUT2D eigenvalue weighted by Gasteiger charge is 2.42. The van der Waals surface area contributed by atoms with E-state index >= 15 is 0 Å².